The van der Waals surface area contributed by atoms with Crippen molar-refractivity contribution >= 4 is 17.5 Å². The highest BCUT2D eigenvalue weighted by molar-refractivity contribution is 6.29. The number of pyridine rings is 1. The standard InChI is InChI=1S/C16H24ClN3O/c1-19-10-4-3-5-14(19)7-9-16(21)20(2)12-13-6-8-15(17)18-11-13/h6,8,11,14H,3-5,7,9-10,12H2,1-2H3/t14-/m1/s1. The van der Waals surface area contributed by atoms with E-state index in [-0.39, 0.29) is 5.91 Å². The first-order chi connectivity index (χ1) is 10.1. The van der Waals surface area contributed by atoms with Crippen LogP contribution in [0.1, 0.15) is 37.7 Å². The topological polar surface area (TPSA) is 36.4 Å². The summed E-state index contributed by atoms with van der Waals surface area (Å²) in [7, 11) is 4.01. The van der Waals surface area contributed by atoms with Crippen LogP contribution in [-0.2, 0) is 11.3 Å². The third-order valence-electron chi connectivity index (χ3n) is 4.25. The first kappa shape index (κ1) is 16.2. The summed E-state index contributed by atoms with van der Waals surface area (Å²) in [5, 5.41) is 0.480. The predicted octanol–water partition coefficient (Wildman–Crippen LogP) is 2.96. The second-order valence-corrected chi connectivity index (χ2v) is 6.30. The molecule has 5 heteroatoms. The molecule has 0 N–H and O–H groups in total. The van der Waals surface area contributed by atoms with E-state index in [0.29, 0.717) is 24.2 Å². The van der Waals surface area contributed by atoms with Gasteiger partial charge in [-0.3, -0.25) is 4.79 Å². The minimum Gasteiger partial charge on any atom is -0.341 e. The van der Waals surface area contributed by atoms with Crippen molar-refractivity contribution in [3.05, 3.63) is 29.0 Å². The van der Waals surface area contributed by atoms with E-state index in [4.69, 9.17) is 11.6 Å². The Morgan fingerprint density at radius 1 is 1.48 bits per heavy atom. The van der Waals surface area contributed by atoms with Crippen LogP contribution in [0.15, 0.2) is 18.3 Å². The molecule has 2 rings (SSSR count). The molecule has 0 unspecified atom stereocenters. The summed E-state index contributed by atoms with van der Waals surface area (Å²) in [5.41, 5.74) is 1.00. The highest BCUT2D eigenvalue weighted by Gasteiger charge is 2.20. The van der Waals surface area contributed by atoms with Gasteiger partial charge in [-0.2, -0.15) is 0 Å². The molecule has 1 aliphatic heterocycles. The molecule has 0 spiro atoms. The maximum Gasteiger partial charge on any atom is 0.222 e. The zero-order valence-electron chi connectivity index (χ0n) is 12.9. The Hall–Kier alpha value is -1.13. The molecule has 0 radical (unpaired) electrons. The molecule has 0 aromatic carbocycles. The number of nitrogens with zero attached hydrogens (tertiary/aromatic N) is 3. The SMILES string of the molecule is CN(Cc1ccc(Cl)nc1)C(=O)CC[C@H]1CCCCN1C. The zero-order valence-corrected chi connectivity index (χ0v) is 13.6. The average molecular weight is 310 g/mol. The Labute approximate surface area is 132 Å². The molecule has 0 saturated carbocycles. The third kappa shape index (κ3) is 4.97. The number of piperidine rings is 1. The van der Waals surface area contributed by atoms with Crippen molar-refractivity contribution in [2.45, 2.75) is 44.7 Å². The third-order valence-corrected chi connectivity index (χ3v) is 4.47. The van der Waals surface area contributed by atoms with Gasteiger partial charge in [0.2, 0.25) is 5.91 Å². The van der Waals surface area contributed by atoms with Gasteiger partial charge in [0.05, 0.1) is 0 Å². The molecule has 0 bridgehead atoms. The summed E-state index contributed by atoms with van der Waals surface area (Å²) in [6.45, 7) is 1.74. The summed E-state index contributed by atoms with van der Waals surface area (Å²) in [6, 6.07) is 4.23. The first-order valence-corrected chi connectivity index (χ1v) is 7.98. The molecule has 1 fully saturated rings. The summed E-state index contributed by atoms with van der Waals surface area (Å²) in [6.07, 6.45) is 7.08. The predicted molar refractivity (Wildman–Crippen MR) is 85.2 cm³/mol. The van der Waals surface area contributed by atoms with Gasteiger partial charge in [-0.15, -0.1) is 0 Å². The molecule has 0 aliphatic carbocycles. The smallest absolute Gasteiger partial charge is 0.222 e. The molecule has 1 amide bonds. The van der Waals surface area contributed by atoms with E-state index in [1.54, 1.807) is 17.2 Å². The number of carbonyl (C=O) groups excluding carboxylic acids is 1. The molecule has 1 aromatic heterocycles. The van der Waals surface area contributed by atoms with Gasteiger partial charge in [0.25, 0.3) is 0 Å². The lowest BCUT2D eigenvalue weighted by Gasteiger charge is -2.32. The van der Waals surface area contributed by atoms with Crippen LogP contribution >= 0.6 is 11.6 Å². The maximum absolute atomic E-state index is 12.2. The van der Waals surface area contributed by atoms with Crippen LogP contribution in [0.2, 0.25) is 5.15 Å². The van der Waals surface area contributed by atoms with Crippen molar-refractivity contribution < 1.29 is 4.79 Å². The van der Waals surface area contributed by atoms with Gasteiger partial charge < -0.3 is 9.80 Å². The Balaban J connectivity index is 1.78. The van der Waals surface area contributed by atoms with E-state index >= 15 is 0 Å². The zero-order chi connectivity index (χ0) is 15.2. The van der Waals surface area contributed by atoms with E-state index in [2.05, 4.69) is 16.9 Å². The number of likely N-dealkylation sites (tertiary alicyclic amines) is 1. The molecule has 1 aromatic rings. The van der Waals surface area contributed by atoms with Gasteiger partial charge in [0.15, 0.2) is 0 Å². The number of hydrogen-bond donors (Lipinski definition) is 0. The van der Waals surface area contributed by atoms with Crippen LogP contribution in [-0.4, -0.2) is 47.4 Å². The maximum atomic E-state index is 12.2. The molecular weight excluding hydrogens is 286 g/mol. The molecule has 1 saturated heterocycles. The fraction of sp³-hybridized carbons (Fsp3) is 0.625. The Kier molecular flexibility index (Phi) is 6.00. The van der Waals surface area contributed by atoms with Gasteiger partial charge in [-0.1, -0.05) is 24.1 Å². The number of amides is 1. The number of rotatable bonds is 5. The van der Waals surface area contributed by atoms with E-state index in [9.17, 15) is 4.79 Å². The van der Waals surface area contributed by atoms with Crippen molar-refractivity contribution in [1.29, 1.82) is 0 Å². The highest BCUT2D eigenvalue weighted by atomic mass is 35.5. The minimum atomic E-state index is 0.198. The lowest BCUT2D eigenvalue weighted by Crippen LogP contribution is -2.37. The molecule has 1 aliphatic rings. The van der Waals surface area contributed by atoms with E-state index in [1.165, 1.54) is 19.3 Å². The Morgan fingerprint density at radius 2 is 2.29 bits per heavy atom. The molecule has 1 atom stereocenters. The van der Waals surface area contributed by atoms with Crippen LogP contribution in [0.5, 0.6) is 0 Å². The average Bonchev–Trinajstić information content (AvgIpc) is 2.48. The van der Waals surface area contributed by atoms with Crippen LogP contribution in [0.3, 0.4) is 0 Å². The quantitative estimate of drug-likeness (QED) is 0.785. The number of halogens is 1. The number of hydrogen-bond acceptors (Lipinski definition) is 3. The Bertz CT molecular complexity index is 463. The summed E-state index contributed by atoms with van der Waals surface area (Å²) in [5.74, 6) is 0.198. The fourth-order valence-corrected chi connectivity index (χ4v) is 2.96. The van der Waals surface area contributed by atoms with Gasteiger partial charge >= 0.3 is 0 Å². The van der Waals surface area contributed by atoms with E-state index < -0.39 is 0 Å². The van der Waals surface area contributed by atoms with E-state index in [1.807, 2.05) is 13.1 Å². The molecule has 2 heterocycles. The normalized spacial score (nSPS) is 19.5. The monoisotopic (exact) mass is 309 g/mol. The lowest BCUT2D eigenvalue weighted by molar-refractivity contribution is -0.130. The minimum absolute atomic E-state index is 0.198. The number of carbonyl (C=O) groups is 1. The molecule has 116 valence electrons. The molecule has 21 heavy (non-hydrogen) atoms. The number of aromatic nitrogens is 1. The lowest BCUT2D eigenvalue weighted by atomic mass is 9.98. The molecule has 4 nitrogen and oxygen atoms in total. The summed E-state index contributed by atoms with van der Waals surface area (Å²) in [4.78, 5) is 20.4. The van der Waals surface area contributed by atoms with Gasteiger partial charge in [0, 0.05) is 32.3 Å². The highest BCUT2D eigenvalue weighted by Crippen LogP contribution is 2.19. The van der Waals surface area contributed by atoms with Crippen LogP contribution in [0.4, 0.5) is 0 Å². The first-order valence-electron chi connectivity index (χ1n) is 7.61. The van der Waals surface area contributed by atoms with Crippen LogP contribution in [0.25, 0.3) is 0 Å². The van der Waals surface area contributed by atoms with Crippen LogP contribution < -0.4 is 0 Å². The van der Waals surface area contributed by atoms with Gasteiger partial charge in [0.1, 0.15) is 5.15 Å². The largest absolute Gasteiger partial charge is 0.341 e. The second kappa shape index (κ2) is 7.76. The summed E-state index contributed by atoms with van der Waals surface area (Å²) < 4.78 is 0. The summed E-state index contributed by atoms with van der Waals surface area (Å²) >= 11 is 5.76. The van der Waals surface area contributed by atoms with Gasteiger partial charge in [-0.05, 0) is 44.5 Å². The van der Waals surface area contributed by atoms with Crippen molar-refractivity contribution in [2.24, 2.45) is 0 Å². The van der Waals surface area contributed by atoms with Crippen LogP contribution in [0, 0.1) is 0 Å². The molecular formula is C16H24ClN3O. The van der Waals surface area contributed by atoms with Crippen molar-refractivity contribution in [1.82, 2.24) is 14.8 Å². The fourth-order valence-electron chi connectivity index (χ4n) is 2.85. The van der Waals surface area contributed by atoms with E-state index in [0.717, 1.165) is 18.5 Å². The van der Waals surface area contributed by atoms with Crippen molar-refractivity contribution in [3.63, 3.8) is 0 Å². The van der Waals surface area contributed by atoms with Crippen molar-refractivity contribution in [2.75, 3.05) is 20.6 Å². The second-order valence-electron chi connectivity index (χ2n) is 5.91. The van der Waals surface area contributed by atoms with Gasteiger partial charge in [-0.25, -0.2) is 4.98 Å². The van der Waals surface area contributed by atoms with Crippen molar-refractivity contribution in [3.8, 4) is 0 Å². The Morgan fingerprint density at radius 3 is 2.95 bits per heavy atom.